The molecule has 0 N–H and O–H groups in total. The first-order valence-electron chi connectivity index (χ1n) is 5.94. The Balaban J connectivity index is 2.55. The molecule has 2 atom stereocenters. The van der Waals surface area contributed by atoms with E-state index in [0.29, 0.717) is 11.8 Å². The average Bonchev–Trinajstić information content (AvgIpc) is 2.25. The number of rotatable bonds is 5. The maximum absolute atomic E-state index is 11.8. The van der Waals surface area contributed by atoms with Crippen molar-refractivity contribution in [3.63, 3.8) is 0 Å². The summed E-state index contributed by atoms with van der Waals surface area (Å²) in [6.45, 7) is 2.21. The Morgan fingerprint density at radius 3 is 2.80 bits per heavy atom. The highest BCUT2D eigenvalue weighted by Crippen LogP contribution is 2.22. The Labute approximate surface area is 97.8 Å². The number of hydrogen-bond donors (Lipinski definition) is 0. The largest absolute Gasteiger partial charge is 0.298 e. The van der Waals surface area contributed by atoms with E-state index in [-0.39, 0.29) is 6.04 Å². The van der Waals surface area contributed by atoms with E-state index >= 15 is 0 Å². The zero-order chi connectivity index (χ0) is 11.3. The molecule has 0 spiro atoms. The second kappa shape index (κ2) is 6.54. The van der Waals surface area contributed by atoms with Crippen molar-refractivity contribution in [3.05, 3.63) is 0 Å². The molecule has 1 aliphatic rings. The number of ketones is 1. The molecule has 2 unspecified atom stereocenters. The molecule has 1 aliphatic carbocycles. The number of likely N-dealkylation sites (N-methyl/N-ethyl adjacent to an activating group) is 1. The molecule has 1 rings (SSSR count). The molecule has 1 saturated carbocycles. The predicted octanol–water partition coefficient (Wildman–Crippen LogP) is 2.57. The van der Waals surface area contributed by atoms with Gasteiger partial charge in [-0.25, -0.2) is 0 Å². The molecule has 0 aromatic carbocycles. The number of carbonyl (C=O) groups is 1. The second-order valence-corrected chi connectivity index (χ2v) is 5.32. The van der Waals surface area contributed by atoms with Gasteiger partial charge in [0.15, 0.2) is 0 Å². The standard InChI is InChI=1S/C12H23NOS/c1-4-10(9-15-3)13(2)11-7-5-6-8-12(11)14/h10-11H,4-9H2,1-3H3. The van der Waals surface area contributed by atoms with E-state index in [1.54, 1.807) is 0 Å². The van der Waals surface area contributed by atoms with Crippen molar-refractivity contribution in [2.24, 2.45) is 0 Å². The third-order valence-corrected chi connectivity index (χ3v) is 4.14. The van der Waals surface area contributed by atoms with Gasteiger partial charge < -0.3 is 0 Å². The zero-order valence-electron chi connectivity index (χ0n) is 10.2. The first kappa shape index (κ1) is 13.0. The highest BCUT2D eigenvalue weighted by molar-refractivity contribution is 7.98. The molecule has 0 bridgehead atoms. The minimum Gasteiger partial charge on any atom is -0.298 e. The predicted molar refractivity (Wildman–Crippen MR) is 67.5 cm³/mol. The van der Waals surface area contributed by atoms with Crippen molar-refractivity contribution >= 4 is 17.5 Å². The Kier molecular flexibility index (Phi) is 5.69. The van der Waals surface area contributed by atoms with Crippen LogP contribution in [0.3, 0.4) is 0 Å². The highest BCUT2D eigenvalue weighted by atomic mass is 32.2. The number of thioether (sulfide) groups is 1. The summed E-state index contributed by atoms with van der Waals surface area (Å²) in [5.74, 6) is 1.60. The van der Waals surface area contributed by atoms with Crippen LogP contribution in [0.25, 0.3) is 0 Å². The third-order valence-electron chi connectivity index (χ3n) is 3.42. The molecule has 1 fully saturated rings. The fraction of sp³-hybridized carbons (Fsp3) is 0.917. The molecule has 0 amide bonds. The van der Waals surface area contributed by atoms with Gasteiger partial charge in [-0.05, 0) is 32.6 Å². The van der Waals surface area contributed by atoms with E-state index in [9.17, 15) is 4.79 Å². The lowest BCUT2D eigenvalue weighted by molar-refractivity contribution is -0.126. The van der Waals surface area contributed by atoms with Crippen molar-refractivity contribution in [2.45, 2.75) is 51.1 Å². The lowest BCUT2D eigenvalue weighted by atomic mass is 9.92. The number of hydrogen-bond acceptors (Lipinski definition) is 3. The summed E-state index contributed by atoms with van der Waals surface area (Å²) in [5.41, 5.74) is 0. The van der Waals surface area contributed by atoms with Crippen molar-refractivity contribution in [1.82, 2.24) is 4.90 Å². The van der Waals surface area contributed by atoms with Gasteiger partial charge >= 0.3 is 0 Å². The van der Waals surface area contributed by atoms with Crippen LogP contribution < -0.4 is 0 Å². The first-order valence-corrected chi connectivity index (χ1v) is 7.33. The van der Waals surface area contributed by atoms with Crippen molar-refractivity contribution in [3.8, 4) is 0 Å². The Morgan fingerprint density at radius 2 is 2.27 bits per heavy atom. The lowest BCUT2D eigenvalue weighted by Crippen LogP contribution is -2.46. The van der Waals surface area contributed by atoms with Crippen molar-refractivity contribution in [2.75, 3.05) is 19.1 Å². The molecule has 0 aromatic rings. The van der Waals surface area contributed by atoms with E-state index in [0.717, 1.165) is 31.4 Å². The van der Waals surface area contributed by atoms with Gasteiger partial charge in [0.05, 0.1) is 6.04 Å². The topological polar surface area (TPSA) is 20.3 Å². The van der Waals surface area contributed by atoms with Crippen LogP contribution in [0.2, 0.25) is 0 Å². The fourth-order valence-corrected chi connectivity index (χ4v) is 3.22. The van der Waals surface area contributed by atoms with Gasteiger partial charge in [-0.2, -0.15) is 11.8 Å². The highest BCUT2D eigenvalue weighted by Gasteiger charge is 2.29. The van der Waals surface area contributed by atoms with Crippen LogP contribution in [0.5, 0.6) is 0 Å². The minimum atomic E-state index is 0.204. The van der Waals surface area contributed by atoms with Gasteiger partial charge in [0.1, 0.15) is 5.78 Å². The summed E-state index contributed by atoms with van der Waals surface area (Å²) in [5, 5.41) is 0. The molecular weight excluding hydrogens is 206 g/mol. The maximum Gasteiger partial charge on any atom is 0.149 e. The van der Waals surface area contributed by atoms with Crippen LogP contribution in [0.4, 0.5) is 0 Å². The van der Waals surface area contributed by atoms with Gasteiger partial charge in [-0.15, -0.1) is 0 Å². The number of carbonyl (C=O) groups excluding carboxylic acids is 1. The molecule has 15 heavy (non-hydrogen) atoms. The minimum absolute atomic E-state index is 0.204. The van der Waals surface area contributed by atoms with Gasteiger partial charge in [-0.1, -0.05) is 13.3 Å². The molecule has 0 aromatic heterocycles. The number of nitrogens with zero attached hydrogens (tertiary/aromatic N) is 1. The van der Waals surface area contributed by atoms with E-state index in [4.69, 9.17) is 0 Å². The average molecular weight is 229 g/mol. The van der Waals surface area contributed by atoms with Crippen LogP contribution in [0.1, 0.15) is 39.0 Å². The van der Waals surface area contributed by atoms with Crippen LogP contribution >= 0.6 is 11.8 Å². The molecule has 2 nitrogen and oxygen atoms in total. The van der Waals surface area contributed by atoms with Crippen LogP contribution in [-0.4, -0.2) is 41.8 Å². The van der Waals surface area contributed by atoms with Crippen LogP contribution in [-0.2, 0) is 4.79 Å². The second-order valence-electron chi connectivity index (χ2n) is 4.41. The summed E-state index contributed by atoms with van der Waals surface area (Å²) >= 11 is 1.87. The Bertz CT molecular complexity index is 208. The van der Waals surface area contributed by atoms with Gasteiger partial charge in [0.2, 0.25) is 0 Å². The van der Waals surface area contributed by atoms with Crippen LogP contribution in [0.15, 0.2) is 0 Å². The van der Waals surface area contributed by atoms with E-state index in [1.165, 1.54) is 6.42 Å². The van der Waals surface area contributed by atoms with Gasteiger partial charge in [0, 0.05) is 18.2 Å². The summed E-state index contributed by atoms with van der Waals surface area (Å²) in [6, 6.07) is 0.767. The molecule has 0 aliphatic heterocycles. The molecule has 0 heterocycles. The summed E-state index contributed by atoms with van der Waals surface area (Å²) in [7, 11) is 2.12. The SMILES string of the molecule is CCC(CSC)N(C)C1CCCCC1=O. The van der Waals surface area contributed by atoms with Crippen LogP contribution in [0, 0.1) is 0 Å². The quantitative estimate of drug-likeness (QED) is 0.722. The summed E-state index contributed by atoms with van der Waals surface area (Å²) < 4.78 is 0. The lowest BCUT2D eigenvalue weighted by Gasteiger charge is -2.35. The van der Waals surface area contributed by atoms with E-state index in [1.807, 2.05) is 11.8 Å². The smallest absolute Gasteiger partial charge is 0.149 e. The number of Topliss-reactive ketones (excluding diaryl/α,β-unsaturated/α-hetero) is 1. The third kappa shape index (κ3) is 3.49. The summed E-state index contributed by atoms with van der Waals surface area (Å²) in [4.78, 5) is 14.1. The van der Waals surface area contributed by atoms with Crippen molar-refractivity contribution in [1.29, 1.82) is 0 Å². The normalized spacial score (nSPS) is 24.5. The molecule has 88 valence electrons. The van der Waals surface area contributed by atoms with Crippen molar-refractivity contribution < 1.29 is 4.79 Å². The Hall–Kier alpha value is -0.0200. The molecule has 3 heteroatoms. The molecule has 0 radical (unpaired) electrons. The maximum atomic E-state index is 11.8. The summed E-state index contributed by atoms with van der Waals surface area (Å²) in [6.07, 6.45) is 7.46. The van der Waals surface area contributed by atoms with E-state index < -0.39 is 0 Å². The van der Waals surface area contributed by atoms with E-state index in [2.05, 4.69) is 25.1 Å². The molecule has 0 saturated heterocycles. The fourth-order valence-electron chi connectivity index (χ4n) is 2.37. The van der Waals surface area contributed by atoms with Gasteiger partial charge in [0.25, 0.3) is 0 Å². The van der Waals surface area contributed by atoms with Gasteiger partial charge in [-0.3, -0.25) is 9.69 Å². The first-order chi connectivity index (χ1) is 7.20. The zero-order valence-corrected chi connectivity index (χ0v) is 11.0. The monoisotopic (exact) mass is 229 g/mol. The molecular formula is C12H23NOS. The Morgan fingerprint density at radius 1 is 1.53 bits per heavy atom.